The smallest absolute Gasteiger partial charge is 0.141 e. The minimum absolute atomic E-state index is 0.0820. The summed E-state index contributed by atoms with van der Waals surface area (Å²) >= 11 is 3.49. The molecule has 0 amide bonds. The molecule has 3 rings (SSSR count). The van der Waals surface area contributed by atoms with Gasteiger partial charge >= 0.3 is 0 Å². The molecule has 1 atom stereocenters. The molecule has 0 bridgehead atoms. The molecule has 1 aromatic rings. The zero-order chi connectivity index (χ0) is 11.2. The van der Waals surface area contributed by atoms with Crippen LogP contribution in [0.5, 0.6) is 0 Å². The van der Waals surface area contributed by atoms with Crippen molar-refractivity contribution in [2.24, 2.45) is 0 Å². The third-order valence-electron chi connectivity index (χ3n) is 3.47. The number of ether oxygens (including phenoxy) is 1. The standard InChI is InChI=1S/C12H12BrNO2/c13-8-1-2-9-10(3-8)12(6-16-7-12)5-14-11(9)4-15/h1-4,11,14H,5-7H2. The molecule has 0 radical (unpaired) electrons. The van der Waals surface area contributed by atoms with Crippen LogP contribution in [-0.4, -0.2) is 26.0 Å². The first kappa shape index (κ1) is 10.4. The number of nitrogens with one attached hydrogen (secondary N) is 1. The van der Waals surface area contributed by atoms with Gasteiger partial charge in [0.1, 0.15) is 6.29 Å². The quantitative estimate of drug-likeness (QED) is 0.794. The minimum Gasteiger partial charge on any atom is -0.379 e. The Morgan fingerprint density at radius 2 is 2.31 bits per heavy atom. The predicted molar refractivity (Wildman–Crippen MR) is 63.4 cm³/mol. The second-order valence-corrected chi connectivity index (χ2v) is 5.42. The topological polar surface area (TPSA) is 38.3 Å². The second kappa shape index (κ2) is 3.65. The van der Waals surface area contributed by atoms with Gasteiger partial charge < -0.3 is 14.8 Å². The van der Waals surface area contributed by atoms with Crippen LogP contribution in [-0.2, 0) is 14.9 Å². The monoisotopic (exact) mass is 281 g/mol. The van der Waals surface area contributed by atoms with Crippen molar-refractivity contribution in [3.8, 4) is 0 Å². The van der Waals surface area contributed by atoms with E-state index in [2.05, 4.69) is 27.3 Å². The van der Waals surface area contributed by atoms with Crippen LogP contribution in [0.3, 0.4) is 0 Å². The van der Waals surface area contributed by atoms with Crippen LogP contribution in [0, 0.1) is 0 Å². The van der Waals surface area contributed by atoms with Gasteiger partial charge in [-0.1, -0.05) is 22.0 Å². The summed E-state index contributed by atoms with van der Waals surface area (Å²) in [4.78, 5) is 11.0. The van der Waals surface area contributed by atoms with Gasteiger partial charge in [0, 0.05) is 11.0 Å². The Bertz CT molecular complexity index is 443. The van der Waals surface area contributed by atoms with E-state index in [1.54, 1.807) is 0 Å². The lowest BCUT2D eigenvalue weighted by Gasteiger charge is -2.47. The normalized spacial score (nSPS) is 25.9. The van der Waals surface area contributed by atoms with Crippen LogP contribution in [0.15, 0.2) is 22.7 Å². The number of aldehydes is 1. The number of hydrogen-bond donors (Lipinski definition) is 1. The van der Waals surface area contributed by atoms with Crippen molar-refractivity contribution in [1.29, 1.82) is 0 Å². The van der Waals surface area contributed by atoms with E-state index in [1.807, 2.05) is 12.1 Å². The van der Waals surface area contributed by atoms with Crippen molar-refractivity contribution in [2.75, 3.05) is 19.8 Å². The molecule has 1 unspecified atom stereocenters. The number of carbonyl (C=O) groups is 1. The van der Waals surface area contributed by atoms with Crippen LogP contribution < -0.4 is 5.32 Å². The van der Waals surface area contributed by atoms with E-state index in [4.69, 9.17) is 4.74 Å². The third kappa shape index (κ3) is 1.37. The Kier molecular flexibility index (Phi) is 2.38. The fourth-order valence-corrected chi connectivity index (χ4v) is 2.86. The molecule has 4 heteroatoms. The summed E-state index contributed by atoms with van der Waals surface area (Å²) in [5, 5.41) is 3.27. The lowest BCUT2D eigenvalue weighted by Crippen LogP contribution is -2.57. The summed E-state index contributed by atoms with van der Waals surface area (Å²) in [5.74, 6) is 0. The van der Waals surface area contributed by atoms with Gasteiger partial charge in [0.25, 0.3) is 0 Å². The minimum atomic E-state index is -0.172. The molecule has 1 N–H and O–H groups in total. The van der Waals surface area contributed by atoms with Crippen LogP contribution >= 0.6 is 15.9 Å². The van der Waals surface area contributed by atoms with Crippen molar-refractivity contribution in [3.05, 3.63) is 33.8 Å². The fraction of sp³-hybridized carbons (Fsp3) is 0.417. The highest BCUT2D eigenvalue weighted by Crippen LogP contribution is 2.40. The molecule has 2 aliphatic heterocycles. The SMILES string of the molecule is O=CC1NCC2(COC2)c2cc(Br)ccc21. The maximum Gasteiger partial charge on any atom is 0.141 e. The molecule has 1 saturated heterocycles. The Balaban J connectivity index is 2.14. The van der Waals surface area contributed by atoms with Gasteiger partial charge in [0.2, 0.25) is 0 Å². The molecule has 1 spiro atoms. The first-order valence-electron chi connectivity index (χ1n) is 5.31. The average molecular weight is 282 g/mol. The number of carbonyl (C=O) groups excluding carboxylic acids is 1. The van der Waals surface area contributed by atoms with Gasteiger partial charge in [-0.15, -0.1) is 0 Å². The van der Waals surface area contributed by atoms with Crippen molar-refractivity contribution < 1.29 is 9.53 Å². The lowest BCUT2D eigenvalue weighted by atomic mass is 9.72. The largest absolute Gasteiger partial charge is 0.379 e. The summed E-state index contributed by atoms with van der Waals surface area (Å²) in [6.07, 6.45) is 0.971. The first-order valence-corrected chi connectivity index (χ1v) is 6.11. The maximum atomic E-state index is 11.0. The third-order valence-corrected chi connectivity index (χ3v) is 3.97. The van der Waals surface area contributed by atoms with E-state index in [0.29, 0.717) is 0 Å². The van der Waals surface area contributed by atoms with E-state index in [1.165, 1.54) is 5.56 Å². The molecule has 1 aromatic carbocycles. The van der Waals surface area contributed by atoms with E-state index < -0.39 is 0 Å². The van der Waals surface area contributed by atoms with Gasteiger partial charge in [0.05, 0.1) is 24.7 Å². The van der Waals surface area contributed by atoms with E-state index >= 15 is 0 Å². The highest BCUT2D eigenvalue weighted by Gasteiger charge is 2.45. The zero-order valence-electron chi connectivity index (χ0n) is 8.70. The van der Waals surface area contributed by atoms with E-state index in [-0.39, 0.29) is 11.5 Å². The number of rotatable bonds is 1. The highest BCUT2D eigenvalue weighted by molar-refractivity contribution is 9.10. The number of halogens is 1. The molecule has 2 heterocycles. The maximum absolute atomic E-state index is 11.0. The summed E-state index contributed by atoms with van der Waals surface area (Å²) in [6.45, 7) is 2.31. The van der Waals surface area contributed by atoms with E-state index in [9.17, 15) is 4.79 Å². The van der Waals surface area contributed by atoms with Crippen LogP contribution in [0.4, 0.5) is 0 Å². The number of fused-ring (bicyclic) bond motifs is 2. The molecular weight excluding hydrogens is 270 g/mol. The molecule has 16 heavy (non-hydrogen) atoms. The van der Waals surface area contributed by atoms with Crippen molar-refractivity contribution in [1.82, 2.24) is 5.32 Å². The fourth-order valence-electron chi connectivity index (χ4n) is 2.50. The first-order chi connectivity index (χ1) is 7.75. The molecule has 0 aromatic heterocycles. The second-order valence-electron chi connectivity index (χ2n) is 4.50. The van der Waals surface area contributed by atoms with Crippen LogP contribution in [0.1, 0.15) is 17.2 Å². The lowest BCUT2D eigenvalue weighted by molar-refractivity contribution is -0.111. The van der Waals surface area contributed by atoms with Crippen molar-refractivity contribution in [2.45, 2.75) is 11.5 Å². The average Bonchev–Trinajstić information content (AvgIpc) is 2.25. The van der Waals surface area contributed by atoms with Gasteiger partial charge in [-0.3, -0.25) is 0 Å². The van der Waals surface area contributed by atoms with Crippen molar-refractivity contribution >= 4 is 22.2 Å². The summed E-state index contributed by atoms with van der Waals surface area (Å²) < 4.78 is 6.40. The van der Waals surface area contributed by atoms with Gasteiger partial charge in [-0.05, 0) is 23.3 Å². The Morgan fingerprint density at radius 3 is 2.94 bits per heavy atom. The Morgan fingerprint density at radius 1 is 1.50 bits per heavy atom. The molecular formula is C12H12BrNO2. The van der Waals surface area contributed by atoms with Crippen molar-refractivity contribution in [3.63, 3.8) is 0 Å². The van der Waals surface area contributed by atoms with Gasteiger partial charge in [-0.2, -0.15) is 0 Å². The number of hydrogen-bond acceptors (Lipinski definition) is 3. The van der Waals surface area contributed by atoms with Crippen LogP contribution in [0.25, 0.3) is 0 Å². The zero-order valence-corrected chi connectivity index (χ0v) is 10.3. The Labute approximate surface area is 102 Å². The van der Waals surface area contributed by atoms with Gasteiger partial charge in [-0.25, -0.2) is 0 Å². The molecule has 0 saturated carbocycles. The highest BCUT2D eigenvalue weighted by atomic mass is 79.9. The summed E-state index contributed by atoms with van der Waals surface area (Å²) in [5.41, 5.74) is 2.43. The van der Waals surface area contributed by atoms with Gasteiger partial charge in [0.15, 0.2) is 0 Å². The summed E-state index contributed by atoms with van der Waals surface area (Å²) in [7, 11) is 0. The summed E-state index contributed by atoms with van der Waals surface area (Å²) in [6, 6.07) is 5.95. The number of benzene rings is 1. The molecule has 0 aliphatic carbocycles. The molecule has 84 valence electrons. The predicted octanol–water partition coefficient (Wildman–Crippen LogP) is 1.56. The molecule has 2 aliphatic rings. The molecule has 3 nitrogen and oxygen atoms in total. The van der Waals surface area contributed by atoms with E-state index in [0.717, 1.165) is 36.1 Å². The molecule has 1 fully saturated rings. The Hall–Kier alpha value is -0.710. The van der Waals surface area contributed by atoms with Crippen LogP contribution in [0.2, 0.25) is 0 Å².